The van der Waals surface area contributed by atoms with Gasteiger partial charge in [-0.05, 0) is 24.0 Å². The van der Waals surface area contributed by atoms with E-state index in [4.69, 9.17) is 4.84 Å². The lowest BCUT2D eigenvalue weighted by Gasteiger charge is -2.22. The summed E-state index contributed by atoms with van der Waals surface area (Å²) in [4.78, 5) is 56.9. The number of nitrogens with one attached hydrogen (secondary N) is 4. The number of aromatic amines is 1. The van der Waals surface area contributed by atoms with Crippen molar-refractivity contribution in [3.05, 3.63) is 36.0 Å². The minimum absolute atomic E-state index is 0.136. The van der Waals surface area contributed by atoms with E-state index < -0.39 is 36.4 Å². The Hall–Kier alpha value is -3.40. The van der Waals surface area contributed by atoms with Gasteiger partial charge in [-0.1, -0.05) is 32.0 Å². The van der Waals surface area contributed by atoms with Gasteiger partial charge in [0, 0.05) is 42.9 Å². The number of likely N-dealkylation sites (N-methyl/N-ethyl adjacent to an activating group) is 1. The summed E-state index contributed by atoms with van der Waals surface area (Å²) in [6, 6.07) is 6.90. The van der Waals surface area contributed by atoms with Gasteiger partial charge in [0.2, 0.25) is 17.7 Å². The molecule has 33 heavy (non-hydrogen) atoms. The molecule has 10 heteroatoms. The number of para-hydroxylation sites is 1. The summed E-state index contributed by atoms with van der Waals surface area (Å²) in [6.45, 7) is 3.44. The van der Waals surface area contributed by atoms with Crippen molar-refractivity contribution in [2.45, 2.75) is 39.2 Å². The van der Waals surface area contributed by atoms with Gasteiger partial charge < -0.3 is 20.4 Å². The topological polar surface area (TPSA) is 139 Å². The van der Waals surface area contributed by atoms with Crippen molar-refractivity contribution >= 4 is 34.6 Å². The van der Waals surface area contributed by atoms with Gasteiger partial charge >= 0.3 is 5.97 Å². The molecule has 0 radical (unpaired) electrons. The summed E-state index contributed by atoms with van der Waals surface area (Å²) < 4.78 is 4.43. The molecule has 2 atom stereocenters. The molecule has 0 fully saturated rings. The second-order valence-corrected chi connectivity index (χ2v) is 8.16. The summed E-state index contributed by atoms with van der Waals surface area (Å²) in [5.74, 6) is -2.47. The summed E-state index contributed by atoms with van der Waals surface area (Å²) in [7, 11) is 2.71. The standard InChI is InChI=1S/C23H32N4O6/c1-14(2)9-15(11-20(28)27-33-13-21(29)32-4)22(30)26-19(23(31)24-3)10-16-12-25-18-8-6-5-7-17(16)18/h5-8,12,14-15,19,25H,9-11,13H2,1-4H3,(H,24,31)(H,26,30)(H,27,28)/t15-,19+/m1/s1. The number of hydrogen-bond donors (Lipinski definition) is 4. The maximum absolute atomic E-state index is 13.1. The van der Waals surface area contributed by atoms with Gasteiger partial charge in [0.1, 0.15) is 6.04 Å². The zero-order valence-corrected chi connectivity index (χ0v) is 19.4. The smallest absolute Gasteiger partial charge is 0.334 e. The third kappa shape index (κ3) is 7.90. The fraction of sp³-hybridized carbons (Fsp3) is 0.478. The van der Waals surface area contributed by atoms with E-state index in [0.717, 1.165) is 16.5 Å². The lowest BCUT2D eigenvalue weighted by atomic mass is 9.92. The van der Waals surface area contributed by atoms with Crippen LogP contribution < -0.4 is 16.1 Å². The largest absolute Gasteiger partial charge is 0.467 e. The van der Waals surface area contributed by atoms with Crippen molar-refractivity contribution in [1.82, 2.24) is 21.1 Å². The first-order valence-electron chi connectivity index (χ1n) is 10.8. The average molecular weight is 461 g/mol. The highest BCUT2D eigenvalue weighted by atomic mass is 16.7. The van der Waals surface area contributed by atoms with E-state index in [-0.39, 0.29) is 24.7 Å². The van der Waals surface area contributed by atoms with Crippen LogP contribution in [0.3, 0.4) is 0 Å². The van der Waals surface area contributed by atoms with Crippen LogP contribution in [0, 0.1) is 11.8 Å². The van der Waals surface area contributed by atoms with Crippen LogP contribution in [0.15, 0.2) is 30.5 Å². The van der Waals surface area contributed by atoms with Crippen molar-refractivity contribution in [3.63, 3.8) is 0 Å². The fourth-order valence-corrected chi connectivity index (χ4v) is 3.55. The average Bonchev–Trinajstić information content (AvgIpc) is 3.20. The second kappa shape index (κ2) is 12.6. The molecule has 180 valence electrons. The van der Waals surface area contributed by atoms with Crippen LogP contribution in [-0.2, 0) is 35.2 Å². The molecular formula is C23H32N4O6. The predicted octanol–water partition coefficient (Wildman–Crippen LogP) is 1.21. The van der Waals surface area contributed by atoms with Crippen LogP contribution in [0.1, 0.15) is 32.3 Å². The van der Waals surface area contributed by atoms with Gasteiger partial charge in [0.05, 0.1) is 7.11 Å². The first-order chi connectivity index (χ1) is 15.7. The highest BCUT2D eigenvalue weighted by Gasteiger charge is 2.28. The van der Waals surface area contributed by atoms with Gasteiger partial charge in [0.25, 0.3) is 0 Å². The molecule has 0 bridgehead atoms. The molecule has 1 aromatic carbocycles. The van der Waals surface area contributed by atoms with Crippen molar-refractivity contribution in [2.24, 2.45) is 11.8 Å². The van der Waals surface area contributed by atoms with Gasteiger partial charge in [-0.3, -0.25) is 19.2 Å². The molecule has 2 rings (SSSR count). The normalized spacial score (nSPS) is 12.8. The summed E-state index contributed by atoms with van der Waals surface area (Å²) in [6.07, 6.45) is 2.39. The van der Waals surface area contributed by atoms with Crippen LogP contribution in [0.25, 0.3) is 10.9 Å². The third-order valence-corrected chi connectivity index (χ3v) is 5.14. The molecule has 0 aliphatic heterocycles. The molecule has 0 saturated heterocycles. The second-order valence-electron chi connectivity index (χ2n) is 8.16. The van der Waals surface area contributed by atoms with Gasteiger partial charge in [0.15, 0.2) is 6.61 Å². The maximum atomic E-state index is 13.1. The van der Waals surface area contributed by atoms with E-state index in [1.54, 1.807) is 0 Å². The van der Waals surface area contributed by atoms with E-state index in [1.807, 2.05) is 44.3 Å². The number of carbonyl (C=O) groups excluding carboxylic acids is 4. The number of ether oxygens (including phenoxy) is 1. The predicted molar refractivity (Wildman–Crippen MR) is 122 cm³/mol. The number of fused-ring (bicyclic) bond motifs is 1. The molecule has 0 saturated carbocycles. The Morgan fingerprint density at radius 1 is 1.09 bits per heavy atom. The monoisotopic (exact) mass is 460 g/mol. The molecule has 3 amide bonds. The fourth-order valence-electron chi connectivity index (χ4n) is 3.55. The van der Waals surface area contributed by atoms with Crippen LogP contribution in [-0.4, -0.2) is 55.5 Å². The number of esters is 1. The van der Waals surface area contributed by atoms with E-state index in [9.17, 15) is 19.2 Å². The molecule has 0 unspecified atom stereocenters. The molecule has 0 spiro atoms. The van der Waals surface area contributed by atoms with Crippen LogP contribution in [0.5, 0.6) is 0 Å². The van der Waals surface area contributed by atoms with Gasteiger partial charge in [-0.2, -0.15) is 0 Å². The van der Waals surface area contributed by atoms with Crippen molar-refractivity contribution in [3.8, 4) is 0 Å². The molecule has 2 aromatic rings. The Balaban J connectivity index is 2.08. The molecule has 4 N–H and O–H groups in total. The highest BCUT2D eigenvalue weighted by Crippen LogP contribution is 2.20. The van der Waals surface area contributed by atoms with Crippen molar-refractivity contribution < 1.29 is 28.8 Å². The van der Waals surface area contributed by atoms with Crippen molar-refractivity contribution in [2.75, 3.05) is 20.8 Å². The van der Waals surface area contributed by atoms with Crippen LogP contribution in [0.2, 0.25) is 0 Å². The maximum Gasteiger partial charge on any atom is 0.334 e. The Labute approximate surface area is 192 Å². The lowest BCUT2D eigenvalue weighted by molar-refractivity contribution is -0.153. The van der Waals surface area contributed by atoms with Crippen LogP contribution in [0.4, 0.5) is 0 Å². The quantitative estimate of drug-likeness (QED) is 0.277. The number of hydrogen-bond acceptors (Lipinski definition) is 6. The first kappa shape index (κ1) is 25.9. The molecule has 1 aromatic heterocycles. The Morgan fingerprint density at radius 3 is 2.48 bits per heavy atom. The number of H-pyrrole nitrogens is 1. The zero-order chi connectivity index (χ0) is 24.4. The van der Waals surface area contributed by atoms with E-state index in [2.05, 4.69) is 25.8 Å². The van der Waals surface area contributed by atoms with Crippen LogP contribution >= 0.6 is 0 Å². The Morgan fingerprint density at radius 2 is 1.82 bits per heavy atom. The van der Waals surface area contributed by atoms with E-state index in [1.165, 1.54) is 14.2 Å². The van der Waals surface area contributed by atoms with Crippen molar-refractivity contribution in [1.29, 1.82) is 0 Å². The number of rotatable bonds is 12. The lowest BCUT2D eigenvalue weighted by Crippen LogP contribution is -2.49. The number of carbonyl (C=O) groups is 4. The number of benzene rings is 1. The van der Waals surface area contributed by atoms with Gasteiger partial charge in [-0.15, -0.1) is 0 Å². The Kier molecular flexibility index (Phi) is 9.86. The first-order valence-corrected chi connectivity index (χ1v) is 10.8. The number of methoxy groups -OCH3 is 1. The number of aromatic nitrogens is 1. The minimum atomic E-state index is -0.810. The molecular weight excluding hydrogens is 428 g/mol. The van der Waals surface area contributed by atoms with E-state index >= 15 is 0 Å². The zero-order valence-electron chi connectivity index (χ0n) is 19.4. The number of hydroxylamine groups is 1. The molecule has 1 heterocycles. The molecule has 0 aliphatic rings. The summed E-state index contributed by atoms with van der Waals surface area (Å²) >= 11 is 0. The summed E-state index contributed by atoms with van der Waals surface area (Å²) in [5, 5.41) is 6.37. The minimum Gasteiger partial charge on any atom is -0.467 e. The molecule has 10 nitrogen and oxygen atoms in total. The third-order valence-electron chi connectivity index (χ3n) is 5.14. The summed E-state index contributed by atoms with van der Waals surface area (Å²) in [5.41, 5.74) is 3.98. The SMILES string of the molecule is CNC(=O)[C@H](Cc1c[nH]c2ccccc12)NC(=O)[C@@H](CC(=O)NOCC(=O)OC)CC(C)C. The highest BCUT2D eigenvalue weighted by molar-refractivity contribution is 5.91. The van der Waals surface area contributed by atoms with E-state index in [0.29, 0.717) is 6.42 Å². The number of amides is 3. The molecule has 0 aliphatic carbocycles. The Bertz CT molecular complexity index is 971. The van der Waals surface area contributed by atoms with Gasteiger partial charge in [-0.25, -0.2) is 10.3 Å².